The van der Waals surface area contributed by atoms with Crippen molar-refractivity contribution in [2.24, 2.45) is 0 Å². The minimum atomic E-state index is -1.00. The van der Waals surface area contributed by atoms with Gasteiger partial charge in [0, 0.05) is 16.7 Å². The third kappa shape index (κ3) is 4.27. The van der Waals surface area contributed by atoms with Crippen molar-refractivity contribution in [3.8, 4) is 11.5 Å². The minimum Gasteiger partial charge on any atom is -0.493 e. The van der Waals surface area contributed by atoms with Gasteiger partial charge >= 0.3 is 5.97 Å². The zero-order valence-electron chi connectivity index (χ0n) is 12.0. The van der Waals surface area contributed by atoms with E-state index in [0.717, 1.165) is 11.6 Å². The van der Waals surface area contributed by atoms with E-state index in [4.69, 9.17) is 26.2 Å². The van der Waals surface area contributed by atoms with Crippen LogP contribution in [0.5, 0.6) is 11.5 Å². The number of methoxy groups -OCH3 is 1. The molecule has 1 N–H and O–H groups in total. The monoisotopic (exact) mass is 318 g/mol. The van der Waals surface area contributed by atoms with Crippen LogP contribution in [-0.4, -0.2) is 18.2 Å². The third-order valence-corrected chi connectivity index (χ3v) is 3.32. The lowest BCUT2D eigenvalue weighted by atomic mass is 10.2. The van der Waals surface area contributed by atoms with Gasteiger partial charge in [0.05, 0.1) is 7.11 Å². The Kier molecular flexibility index (Phi) is 5.44. The molecule has 0 atom stereocenters. The normalized spacial score (nSPS) is 10.6. The van der Waals surface area contributed by atoms with Crippen LogP contribution in [0.2, 0.25) is 5.02 Å². The Labute approximate surface area is 133 Å². The van der Waals surface area contributed by atoms with Crippen LogP contribution in [0.4, 0.5) is 0 Å². The van der Waals surface area contributed by atoms with Gasteiger partial charge in [-0.1, -0.05) is 35.9 Å². The zero-order chi connectivity index (χ0) is 15.9. The Balaban J connectivity index is 2.14. The molecule has 2 aromatic carbocycles. The highest BCUT2D eigenvalue weighted by atomic mass is 35.5. The standard InChI is InChI=1S/C17H15ClO4/c1-21-16-10-12(7-9-17(19)20)6-8-15(16)22-11-13-4-2-3-5-14(13)18/h2-10H,11H2,1H3,(H,19,20)/b9-7+. The fraction of sp³-hybridized carbons (Fsp3) is 0.118. The van der Waals surface area contributed by atoms with Gasteiger partial charge in [0.1, 0.15) is 6.61 Å². The van der Waals surface area contributed by atoms with Crippen molar-refractivity contribution in [2.45, 2.75) is 6.61 Å². The van der Waals surface area contributed by atoms with E-state index in [1.54, 1.807) is 24.3 Å². The van der Waals surface area contributed by atoms with Crippen LogP contribution in [0, 0.1) is 0 Å². The van der Waals surface area contributed by atoms with Gasteiger partial charge in [-0.05, 0) is 29.8 Å². The van der Waals surface area contributed by atoms with Crippen LogP contribution in [0.25, 0.3) is 6.08 Å². The second kappa shape index (κ2) is 7.52. The molecule has 0 aliphatic heterocycles. The van der Waals surface area contributed by atoms with E-state index in [0.29, 0.717) is 28.7 Å². The molecule has 4 nitrogen and oxygen atoms in total. The summed E-state index contributed by atoms with van der Waals surface area (Å²) in [4.78, 5) is 10.5. The van der Waals surface area contributed by atoms with Crippen molar-refractivity contribution in [2.75, 3.05) is 7.11 Å². The number of carbonyl (C=O) groups is 1. The number of halogens is 1. The molecule has 0 aliphatic carbocycles. The second-order valence-electron chi connectivity index (χ2n) is 4.46. The summed E-state index contributed by atoms with van der Waals surface area (Å²) in [5.41, 5.74) is 1.59. The third-order valence-electron chi connectivity index (χ3n) is 2.95. The molecule has 2 rings (SSSR count). The van der Waals surface area contributed by atoms with E-state index < -0.39 is 5.97 Å². The molecule has 0 aliphatic rings. The Morgan fingerprint density at radius 3 is 2.68 bits per heavy atom. The summed E-state index contributed by atoms with van der Waals surface area (Å²) in [7, 11) is 1.53. The van der Waals surface area contributed by atoms with Crippen LogP contribution in [0.3, 0.4) is 0 Å². The molecule has 0 radical (unpaired) electrons. The number of carboxylic acid groups (broad SMARTS) is 1. The van der Waals surface area contributed by atoms with E-state index in [2.05, 4.69) is 0 Å². The quantitative estimate of drug-likeness (QED) is 0.817. The molecule has 0 spiro atoms. The summed E-state index contributed by atoms with van der Waals surface area (Å²) in [6, 6.07) is 12.6. The second-order valence-corrected chi connectivity index (χ2v) is 4.87. The van der Waals surface area contributed by atoms with Gasteiger partial charge in [-0.2, -0.15) is 0 Å². The Morgan fingerprint density at radius 1 is 1.23 bits per heavy atom. The minimum absolute atomic E-state index is 0.320. The van der Waals surface area contributed by atoms with Gasteiger partial charge in [-0.15, -0.1) is 0 Å². The molecular formula is C17H15ClO4. The van der Waals surface area contributed by atoms with E-state index in [9.17, 15) is 4.79 Å². The lowest BCUT2D eigenvalue weighted by Crippen LogP contribution is -1.98. The van der Waals surface area contributed by atoms with Gasteiger partial charge in [-0.3, -0.25) is 0 Å². The summed E-state index contributed by atoms with van der Waals surface area (Å²) in [6.07, 6.45) is 2.56. The molecule has 0 saturated heterocycles. The van der Waals surface area contributed by atoms with Crippen LogP contribution in [-0.2, 0) is 11.4 Å². The summed E-state index contributed by atoms with van der Waals surface area (Å²) in [5.74, 6) is 0.0903. The maximum Gasteiger partial charge on any atom is 0.328 e. The summed E-state index contributed by atoms with van der Waals surface area (Å²) >= 11 is 6.08. The fourth-order valence-electron chi connectivity index (χ4n) is 1.85. The number of hydrogen-bond acceptors (Lipinski definition) is 3. The summed E-state index contributed by atoms with van der Waals surface area (Å²) in [5, 5.41) is 9.28. The molecule has 2 aromatic rings. The van der Waals surface area contributed by atoms with E-state index in [-0.39, 0.29) is 0 Å². The van der Waals surface area contributed by atoms with Crippen LogP contribution in [0.15, 0.2) is 48.5 Å². The summed E-state index contributed by atoms with van der Waals surface area (Å²) in [6.45, 7) is 0.320. The smallest absolute Gasteiger partial charge is 0.328 e. The van der Waals surface area contributed by atoms with Gasteiger partial charge in [0.25, 0.3) is 0 Å². The Hall–Kier alpha value is -2.46. The first-order valence-corrected chi connectivity index (χ1v) is 6.93. The van der Waals surface area contributed by atoms with Crippen molar-refractivity contribution in [1.82, 2.24) is 0 Å². The molecule has 22 heavy (non-hydrogen) atoms. The predicted octanol–water partition coefficient (Wildman–Crippen LogP) is 4.03. The lowest BCUT2D eigenvalue weighted by molar-refractivity contribution is -0.131. The SMILES string of the molecule is COc1cc(/C=C/C(=O)O)ccc1OCc1ccccc1Cl. The molecular weight excluding hydrogens is 304 g/mol. The first-order chi connectivity index (χ1) is 10.6. The highest BCUT2D eigenvalue weighted by molar-refractivity contribution is 6.31. The first-order valence-electron chi connectivity index (χ1n) is 6.55. The average molecular weight is 319 g/mol. The van der Waals surface area contributed by atoms with E-state index in [1.165, 1.54) is 13.2 Å². The zero-order valence-corrected chi connectivity index (χ0v) is 12.7. The maximum atomic E-state index is 10.5. The maximum absolute atomic E-state index is 10.5. The number of carboxylic acids is 1. The molecule has 114 valence electrons. The highest BCUT2D eigenvalue weighted by Gasteiger charge is 2.07. The van der Waals surface area contributed by atoms with Crippen LogP contribution in [0.1, 0.15) is 11.1 Å². The van der Waals surface area contributed by atoms with Crippen molar-refractivity contribution in [1.29, 1.82) is 0 Å². The van der Waals surface area contributed by atoms with Crippen molar-refractivity contribution < 1.29 is 19.4 Å². The number of benzene rings is 2. The van der Waals surface area contributed by atoms with Crippen LogP contribution >= 0.6 is 11.6 Å². The Morgan fingerprint density at radius 2 is 2.00 bits per heavy atom. The topological polar surface area (TPSA) is 55.8 Å². The first kappa shape index (κ1) is 15.9. The fourth-order valence-corrected chi connectivity index (χ4v) is 2.04. The van der Waals surface area contributed by atoms with Crippen LogP contribution < -0.4 is 9.47 Å². The van der Waals surface area contributed by atoms with Gasteiger partial charge in [-0.25, -0.2) is 4.79 Å². The molecule has 0 saturated carbocycles. The lowest BCUT2D eigenvalue weighted by Gasteiger charge is -2.12. The highest BCUT2D eigenvalue weighted by Crippen LogP contribution is 2.30. The number of ether oxygens (including phenoxy) is 2. The van der Waals surface area contributed by atoms with E-state index >= 15 is 0 Å². The average Bonchev–Trinajstić information content (AvgIpc) is 2.52. The largest absolute Gasteiger partial charge is 0.493 e. The number of aliphatic carboxylic acids is 1. The van der Waals surface area contributed by atoms with Crippen molar-refractivity contribution in [3.05, 3.63) is 64.7 Å². The van der Waals surface area contributed by atoms with E-state index in [1.807, 2.05) is 18.2 Å². The molecule has 0 amide bonds. The molecule has 0 unspecified atom stereocenters. The number of hydrogen-bond donors (Lipinski definition) is 1. The molecule has 0 aromatic heterocycles. The van der Waals surface area contributed by atoms with Gasteiger partial charge in [0.15, 0.2) is 11.5 Å². The number of rotatable bonds is 6. The van der Waals surface area contributed by atoms with Crippen molar-refractivity contribution >= 4 is 23.6 Å². The molecule has 0 bridgehead atoms. The van der Waals surface area contributed by atoms with Crippen molar-refractivity contribution in [3.63, 3.8) is 0 Å². The van der Waals surface area contributed by atoms with Gasteiger partial charge in [0.2, 0.25) is 0 Å². The molecule has 5 heteroatoms. The predicted molar refractivity (Wildman–Crippen MR) is 85.4 cm³/mol. The summed E-state index contributed by atoms with van der Waals surface area (Å²) < 4.78 is 11.0. The molecule has 0 heterocycles. The Bertz CT molecular complexity index is 695. The van der Waals surface area contributed by atoms with Gasteiger partial charge < -0.3 is 14.6 Å². The molecule has 0 fully saturated rings.